The van der Waals surface area contributed by atoms with Gasteiger partial charge in [0.15, 0.2) is 0 Å². The molecule has 0 unspecified atom stereocenters. The molecule has 1 aliphatic heterocycles. The van der Waals surface area contributed by atoms with Gasteiger partial charge in [0, 0.05) is 26.2 Å². The van der Waals surface area contributed by atoms with Crippen molar-refractivity contribution in [2.24, 2.45) is 0 Å². The quantitative estimate of drug-likeness (QED) is 0.813. The van der Waals surface area contributed by atoms with Gasteiger partial charge in [0.2, 0.25) is 5.91 Å². The molecule has 1 amide bonds. The first-order valence-electron chi connectivity index (χ1n) is 8.19. The third kappa shape index (κ3) is 5.03. The molecule has 1 heterocycles. The lowest BCUT2D eigenvalue weighted by atomic mass is 9.99. The molecule has 0 aliphatic carbocycles. The number of benzene rings is 1. The molecule has 1 saturated heterocycles. The van der Waals surface area contributed by atoms with Crippen LogP contribution in [-0.2, 0) is 14.3 Å². The Bertz CT molecular complexity index is 533. The van der Waals surface area contributed by atoms with Crippen LogP contribution in [0.2, 0.25) is 0 Å². The van der Waals surface area contributed by atoms with Crippen molar-refractivity contribution >= 4 is 5.91 Å². The van der Waals surface area contributed by atoms with Gasteiger partial charge in [-0.2, -0.15) is 0 Å². The Kier molecular flexibility index (Phi) is 6.57. The van der Waals surface area contributed by atoms with Gasteiger partial charge in [0.1, 0.15) is 0 Å². The van der Waals surface area contributed by atoms with E-state index in [1.165, 1.54) is 16.7 Å². The number of nitrogens with one attached hydrogen (secondary N) is 1. The predicted molar refractivity (Wildman–Crippen MR) is 90.5 cm³/mol. The summed E-state index contributed by atoms with van der Waals surface area (Å²) in [6.45, 7) is 9.17. The average Bonchev–Trinajstić information content (AvgIpc) is 2.52. The predicted octanol–water partition coefficient (Wildman–Crippen LogP) is 1.83. The van der Waals surface area contributed by atoms with Gasteiger partial charge in [-0.25, -0.2) is 0 Å². The molecule has 0 aromatic heterocycles. The largest absolute Gasteiger partial charge is 0.383 e. The number of ether oxygens (including phenoxy) is 2. The number of carbonyl (C=O) groups excluding carboxylic acids is 1. The van der Waals surface area contributed by atoms with Gasteiger partial charge in [-0.1, -0.05) is 23.8 Å². The summed E-state index contributed by atoms with van der Waals surface area (Å²) in [5, 5.41) is 2.88. The van der Waals surface area contributed by atoms with E-state index in [1.807, 2.05) is 0 Å². The molecule has 5 nitrogen and oxygen atoms in total. The summed E-state index contributed by atoms with van der Waals surface area (Å²) in [5.41, 5.74) is 3.69. The van der Waals surface area contributed by atoms with E-state index in [4.69, 9.17) is 9.47 Å². The van der Waals surface area contributed by atoms with Gasteiger partial charge in [-0.05, 0) is 31.9 Å². The highest BCUT2D eigenvalue weighted by atomic mass is 16.5. The van der Waals surface area contributed by atoms with E-state index in [0.717, 1.165) is 6.54 Å². The van der Waals surface area contributed by atoms with E-state index in [1.54, 1.807) is 7.11 Å². The minimum absolute atomic E-state index is 0.0258. The topological polar surface area (TPSA) is 50.8 Å². The Balaban J connectivity index is 1.98. The van der Waals surface area contributed by atoms with Crippen LogP contribution in [0.3, 0.4) is 0 Å². The van der Waals surface area contributed by atoms with E-state index < -0.39 is 0 Å². The molecular weight excluding hydrogens is 292 g/mol. The summed E-state index contributed by atoms with van der Waals surface area (Å²) in [6.07, 6.45) is 0.0258. The molecule has 0 bridgehead atoms. The summed E-state index contributed by atoms with van der Waals surface area (Å²) in [5.74, 6) is 0.0375. The van der Waals surface area contributed by atoms with Crippen molar-refractivity contribution in [2.45, 2.75) is 32.9 Å². The van der Waals surface area contributed by atoms with E-state index >= 15 is 0 Å². The fraction of sp³-hybridized carbons (Fsp3) is 0.611. The molecule has 128 valence electrons. The average molecular weight is 320 g/mol. The molecule has 2 rings (SSSR count). The van der Waals surface area contributed by atoms with Crippen molar-refractivity contribution in [3.05, 3.63) is 34.9 Å². The molecule has 5 heteroatoms. The van der Waals surface area contributed by atoms with Crippen LogP contribution >= 0.6 is 0 Å². The van der Waals surface area contributed by atoms with E-state index in [-0.39, 0.29) is 18.1 Å². The van der Waals surface area contributed by atoms with Crippen LogP contribution in [0.4, 0.5) is 0 Å². The first-order chi connectivity index (χ1) is 11.0. The third-order valence-electron chi connectivity index (χ3n) is 4.32. The number of rotatable bonds is 6. The van der Waals surface area contributed by atoms with Crippen LogP contribution in [0.5, 0.6) is 0 Å². The number of carbonyl (C=O) groups is 1. The number of methoxy groups -OCH3 is 1. The number of hydrogen-bond donors (Lipinski definition) is 1. The summed E-state index contributed by atoms with van der Waals surface area (Å²) in [7, 11) is 1.63. The van der Waals surface area contributed by atoms with Crippen LogP contribution in [0.25, 0.3) is 0 Å². The van der Waals surface area contributed by atoms with Crippen molar-refractivity contribution in [3.8, 4) is 0 Å². The second-order valence-corrected chi connectivity index (χ2v) is 6.30. The number of nitrogens with zero attached hydrogens (tertiary/aromatic N) is 1. The summed E-state index contributed by atoms with van der Waals surface area (Å²) < 4.78 is 11.0. The van der Waals surface area contributed by atoms with Gasteiger partial charge in [-0.15, -0.1) is 0 Å². The highest BCUT2D eigenvalue weighted by Gasteiger charge is 2.29. The maximum Gasteiger partial charge on any atom is 0.234 e. The molecule has 23 heavy (non-hydrogen) atoms. The molecule has 0 spiro atoms. The normalized spacial score (nSPS) is 22.1. The van der Waals surface area contributed by atoms with Crippen LogP contribution in [0.15, 0.2) is 18.2 Å². The molecule has 0 radical (unpaired) electrons. The second-order valence-electron chi connectivity index (χ2n) is 6.30. The van der Waals surface area contributed by atoms with Gasteiger partial charge < -0.3 is 14.8 Å². The van der Waals surface area contributed by atoms with Gasteiger partial charge in [0.25, 0.3) is 0 Å². The Morgan fingerprint density at radius 3 is 2.96 bits per heavy atom. The Hall–Kier alpha value is -1.43. The number of aryl methyl sites for hydroxylation is 2. The fourth-order valence-corrected chi connectivity index (χ4v) is 2.85. The lowest BCUT2D eigenvalue weighted by molar-refractivity contribution is -0.126. The Morgan fingerprint density at radius 1 is 1.43 bits per heavy atom. The van der Waals surface area contributed by atoms with Crippen LogP contribution in [-0.4, -0.2) is 56.8 Å². The number of morpholine rings is 1. The molecule has 1 aliphatic rings. The summed E-state index contributed by atoms with van der Waals surface area (Å²) >= 11 is 0. The summed E-state index contributed by atoms with van der Waals surface area (Å²) in [6, 6.07) is 6.68. The molecule has 2 atom stereocenters. The fourth-order valence-electron chi connectivity index (χ4n) is 2.85. The van der Waals surface area contributed by atoms with Gasteiger partial charge in [-0.3, -0.25) is 9.69 Å². The molecule has 1 aromatic carbocycles. The minimum atomic E-state index is 0.0258. The maximum atomic E-state index is 12.0. The van der Waals surface area contributed by atoms with Crippen LogP contribution < -0.4 is 5.32 Å². The number of amides is 1. The smallest absolute Gasteiger partial charge is 0.234 e. The first kappa shape index (κ1) is 17.9. The Morgan fingerprint density at radius 2 is 2.22 bits per heavy atom. The molecular formula is C18H28N2O3. The molecule has 1 fully saturated rings. The SMILES string of the molecule is COCCNC(=O)CN1C[C@H](c2cc(C)ccc2C)OC[C@@H]1C. The maximum absolute atomic E-state index is 12.0. The van der Waals surface area contributed by atoms with E-state index in [9.17, 15) is 4.79 Å². The number of hydrogen-bond acceptors (Lipinski definition) is 4. The molecule has 1 N–H and O–H groups in total. The lowest BCUT2D eigenvalue weighted by Gasteiger charge is -2.38. The molecule has 1 aromatic rings. The van der Waals surface area contributed by atoms with Crippen LogP contribution in [0.1, 0.15) is 29.7 Å². The summed E-state index contributed by atoms with van der Waals surface area (Å²) in [4.78, 5) is 14.2. The Labute approximate surface area is 139 Å². The zero-order valence-electron chi connectivity index (χ0n) is 14.6. The second kappa shape index (κ2) is 8.43. The van der Waals surface area contributed by atoms with E-state index in [0.29, 0.717) is 26.3 Å². The standard InChI is InChI=1S/C18H28N2O3/c1-13-5-6-14(2)16(9-13)17-10-20(15(3)12-23-17)11-18(21)19-7-8-22-4/h5-6,9,15,17H,7-8,10-12H2,1-4H3,(H,19,21)/t15-,17+/m0/s1. The lowest BCUT2D eigenvalue weighted by Crippen LogP contribution is -2.49. The highest BCUT2D eigenvalue weighted by Crippen LogP contribution is 2.27. The van der Waals surface area contributed by atoms with E-state index in [2.05, 4.69) is 49.2 Å². The van der Waals surface area contributed by atoms with Gasteiger partial charge in [0.05, 0.1) is 25.9 Å². The zero-order valence-corrected chi connectivity index (χ0v) is 14.6. The van der Waals surface area contributed by atoms with Crippen molar-refractivity contribution in [2.75, 3.05) is 40.0 Å². The van der Waals surface area contributed by atoms with Crippen molar-refractivity contribution < 1.29 is 14.3 Å². The highest BCUT2D eigenvalue weighted by molar-refractivity contribution is 5.78. The van der Waals surface area contributed by atoms with Crippen LogP contribution in [0, 0.1) is 13.8 Å². The minimum Gasteiger partial charge on any atom is -0.383 e. The third-order valence-corrected chi connectivity index (χ3v) is 4.32. The first-order valence-corrected chi connectivity index (χ1v) is 8.19. The van der Waals surface area contributed by atoms with Crippen molar-refractivity contribution in [1.82, 2.24) is 10.2 Å². The van der Waals surface area contributed by atoms with Crippen molar-refractivity contribution in [3.63, 3.8) is 0 Å². The zero-order chi connectivity index (χ0) is 16.8. The van der Waals surface area contributed by atoms with Crippen molar-refractivity contribution in [1.29, 1.82) is 0 Å². The molecule has 0 saturated carbocycles. The monoisotopic (exact) mass is 320 g/mol. The van der Waals surface area contributed by atoms with Gasteiger partial charge >= 0.3 is 0 Å².